The summed E-state index contributed by atoms with van der Waals surface area (Å²) in [4.78, 5) is 10.9. The molecule has 1 aliphatic rings. The standard InChI is InChI=1S/C17H16FN5/c1-12-6-19-7-17(20-12)22-9-14-10-23(21-16(14)11-22)8-13-2-4-15(18)5-3-13/h2-7,10H,8-9,11H2,1H3. The highest BCUT2D eigenvalue weighted by atomic mass is 19.1. The second-order valence-corrected chi connectivity index (χ2v) is 5.80. The maximum Gasteiger partial charge on any atom is 0.148 e. The lowest BCUT2D eigenvalue weighted by molar-refractivity contribution is 0.623. The maximum absolute atomic E-state index is 13.0. The minimum absolute atomic E-state index is 0.216. The van der Waals surface area contributed by atoms with Gasteiger partial charge in [-0.1, -0.05) is 12.1 Å². The quantitative estimate of drug-likeness (QED) is 0.746. The second kappa shape index (κ2) is 5.46. The number of fused-ring (bicyclic) bond motifs is 1. The topological polar surface area (TPSA) is 46.8 Å². The summed E-state index contributed by atoms with van der Waals surface area (Å²) in [6.07, 6.45) is 5.59. The molecule has 0 saturated carbocycles. The average molecular weight is 309 g/mol. The molecule has 3 aromatic rings. The van der Waals surface area contributed by atoms with Gasteiger partial charge in [0.05, 0.1) is 30.7 Å². The number of anilines is 1. The van der Waals surface area contributed by atoms with E-state index in [0.29, 0.717) is 6.54 Å². The van der Waals surface area contributed by atoms with Crippen molar-refractivity contribution in [3.63, 3.8) is 0 Å². The molecule has 1 aliphatic heterocycles. The molecule has 0 amide bonds. The van der Waals surface area contributed by atoms with E-state index < -0.39 is 0 Å². The third kappa shape index (κ3) is 2.79. The number of halogens is 1. The number of aryl methyl sites for hydroxylation is 1. The highest BCUT2D eigenvalue weighted by molar-refractivity contribution is 5.43. The molecule has 2 aromatic heterocycles. The van der Waals surface area contributed by atoms with Gasteiger partial charge in [-0.15, -0.1) is 0 Å². The van der Waals surface area contributed by atoms with Crippen molar-refractivity contribution in [2.24, 2.45) is 0 Å². The molecule has 0 saturated heterocycles. The van der Waals surface area contributed by atoms with Gasteiger partial charge < -0.3 is 4.90 Å². The van der Waals surface area contributed by atoms with Crippen LogP contribution in [-0.4, -0.2) is 19.7 Å². The third-order valence-corrected chi connectivity index (χ3v) is 3.95. The molecule has 116 valence electrons. The molecule has 0 aliphatic carbocycles. The van der Waals surface area contributed by atoms with Crippen molar-refractivity contribution in [1.29, 1.82) is 0 Å². The zero-order valence-electron chi connectivity index (χ0n) is 12.8. The molecular weight excluding hydrogens is 293 g/mol. The molecule has 1 aromatic carbocycles. The van der Waals surface area contributed by atoms with Crippen LogP contribution in [0.5, 0.6) is 0 Å². The smallest absolute Gasteiger partial charge is 0.148 e. The van der Waals surface area contributed by atoms with Crippen LogP contribution in [0, 0.1) is 12.7 Å². The van der Waals surface area contributed by atoms with E-state index in [0.717, 1.165) is 35.9 Å². The number of aromatic nitrogens is 4. The Balaban J connectivity index is 1.49. The van der Waals surface area contributed by atoms with Gasteiger partial charge in [0.25, 0.3) is 0 Å². The molecule has 0 fully saturated rings. The first-order valence-electron chi connectivity index (χ1n) is 7.50. The van der Waals surface area contributed by atoms with Crippen LogP contribution < -0.4 is 4.90 Å². The number of benzene rings is 1. The van der Waals surface area contributed by atoms with Crippen molar-refractivity contribution in [2.75, 3.05) is 4.90 Å². The van der Waals surface area contributed by atoms with Crippen LogP contribution in [0.4, 0.5) is 10.2 Å². The van der Waals surface area contributed by atoms with Gasteiger partial charge in [-0.3, -0.25) is 9.67 Å². The maximum atomic E-state index is 13.0. The number of hydrogen-bond donors (Lipinski definition) is 0. The van der Waals surface area contributed by atoms with E-state index in [1.54, 1.807) is 24.5 Å². The van der Waals surface area contributed by atoms with E-state index in [-0.39, 0.29) is 5.82 Å². The lowest BCUT2D eigenvalue weighted by atomic mass is 10.2. The summed E-state index contributed by atoms with van der Waals surface area (Å²) < 4.78 is 14.9. The molecule has 0 bridgehead atoms. The van der Waals surface area contributed by atoms with Crippen molar-refractivity contribution in [2.45, 2.75) is 26.6 Å². The molecule has 0 atom stereocenters. The summed E-state index contributed by atoms with van der Waals surface area (Å²) in [6.45, 7) is 4.12. The van der Waals surface area contributed by atoms with Crippen LogP contribution in [0.15, 0.2) is 42.9 Å². The third-order valence-electron chi connectivity index (χ3n) is 3.95. The Labute approximate surface area is 133 Å². The molecule has 6 heteroatoms. The van der Waals surface area contributed by atoms with E-state index in [9.17, 15) is 4.39 Å². The zero-order chi connectivity index (χ0) is 15.8. The highest BCUT2D eigenvalue weighted by Gasteiger charge is 2.23. The van der Waals surface area contributed by atoms with Gasteiger partial charge >= 0.3 is 0 Å². The van der Waals surface area contributed by atoms with Gasteiger partial charge in [0.1, 0.15) is 11.6 Å². The number of nitrogens with zero attached hydrogens (tertiary/aromatic N) is 5. The van der Waals surface area contributed by atoms with Gasteiger partial charge in [0, 0.05) is 24.5 Å². The first-order valence-corrected chi connectivity index (χ1v) is 7.50. The normalized spacial score (nSPS) is 13.4. The summed E-state index contributed by atoms with van der Waals surface area (Å²) in [7, 11) is 0. The van der Waals surface area contributed by atoms with E-state index in [1.165, 1.54) is 17.7 Å². The summed E-state index contributed by atoms with van der Waals surface area (Å²) in [6, 6.07) is 6.53. The highest BCUT2D eigenvalue weighted by Crippen LogP contribution is 2.25. The van der Waals surface area contributed by atoms with Crippen molar-refractivity contribution in [1.82, 2.24) is 19.7 Å². The van der Waals surface area contributed by atoms with Gasteiger partial charge in [-0.2, -0.15) is 5.10 Å². The Hall–Kier alpha value is -2.76. The molecule has 5 nitrogen and oxygen atoms in total. The molecule has 0 radical (unpaired) electrons. The Morgan fingerprint density at radius 1 is 1.13 bits per heavy atom. The molecule has 4 rings (SSSR count). The summed E-state index contributed by atoms with van der Waals surface area (Å²) in [5, 5.41) is 4.64. The Kier molecular flexibility index (Phi) is 3.29. The lowest BCUT2D eigenvalue weighted by Gasteiger charge is -2.16. The van der Waals surface area contributed by atoms with Crippen LogP contribution in [0.3, 0.4) is 0 Å². The van der Waals surface area contributed by atoms with Crippen LogP contribution in [-0.2, 0) is 19.6 Å². The largest absolute Gasteiger partial charge is 0.345 e. The van der Waals surface area contributed by atoms with E-state index in [1.807, 2.05) is 11.6 Å². The number of hydrogen-bond acceptors (Lipinski definition) is 4. The van der Waals surface area contributed by atoms with Gasteiger partial charge in [0.15, 0.2) is 0 Å². The Morgan fingerprint density at radius 3 is 2.70 bits per heavy atom. The summed E-state index contributed by atoms with van der Waals surface area (Å²) in [5.74, 6) is 0.666. The van der Waals surface area contributed by atoms with Crippen molar-refractivity contribution >= 4 is 5.82 Å². The van der Waals surface area contributed by atoms with Crippen LogP contribution >= 0.6 is 0 Å². The zero-order valence-corrected chi connectivity index (χ0v) is 12.8. The monoisotopic (exact) mass is 309 g/mol. The van der Waals surface area contributed by atoms with Gasteiger partial charge in [0.2, 0.25) is 0 Å². The van der Waals surface area contributed by atoms with E-state index in [4.69, 9.17) is 0 Å². The molecule has 0 N–H and O–H groups in total. The van der Waals surface area contributed by atoms with Crippen LogP contribution in [0.2, 0.25) is 0 Å². The van der Waals surface area contributed by atoms with Gasteiger partial charge in [-0.05, 0) is 24.6 Å². The fraction of sp³-hybridized carbons (Fsp3) is 0.235. The fourth-order valence-electron chi connectivity index (χ4n) is 2.83. The first-order chi connectivity index (χ1) is 11.2. The predicted octanol–water partition coefficient (Wildman–Crippen LogP) is 2.69. The van der Waals surface area contributed by atoms with Crippen molar-refractivity contribution in [3.8, 4) is 0 Å². The summed E-state index contributed by atoms with van der Waals surface area (Å²) >= 11 is 0. The van der Waals surface area contributed by atoms with E-state index in [2.05, 4.69) is 26.2 Å². The first kappa shape index (κ1) is 13.9. The second-order valence-electron chi connectivity index (χ2n) is 5.80. The summed E-state index contributed by atoms with van der Waals surface area (Å²) in [5.41, 5.74) is 4.22. The van der Waals surface area contributed by atoms with Crippen LogP contribution in [0.1, 0.15) is 22.5 Å². The van der Waals surface area contributed by atoms with Crippen molar-refractivity contribution in [3.05, 3.63) is 71.2 Å². The Bertz CT molecular complexity index is 817. The molecule has 3 heterocycles. The minimum atomic E-state index is -0.216. The van der Waals surface area contributed by atoms with Crippen LogP contribution in [0.25, 0.3) is 0 Å². The molecule has 23 heavy (non-hydrogen) atoms. The minimum Gasteiger partial charge on any atom is -0.345 e. The van der Waals surface area contributed by atoms with E-state index >= 15 is 0 Å². The molecule has 0 spiro atoms. The molecular formula is C17H16FN5. The van der Waals surface area contributed by atoms with Crippen molar-refractivity contribution < 1.29 is 4.39 Å². The Morgan fingerprint density at radius 2 is 1.96 bits per heavy atom. The van der Waals surface area contributed by atoms with Gasteiger partial charge in [-0.25, -0.2) is 9.37 Å². The SMILES string of the molecule is Cc1cncc(N2Cc3cn(Cc4ccc(F)cc4)nc3C2)n1. The lowest BCUT2D eigenvalue weighted by Crippen LogP contribution is -2.18. The fourth-order valence-corrected chi connectivity index (χ4v) is 2.83. The number of rotatable bonds is 3. The molecule has 0 unspecified atom stereocenters. The predicted molar refractivity (Wildman–Crippen MR) is 84.4 cm³/mol. The average Bonchev–Trinajstić information content (AvgIpc) is 3.08.